The molecule has 2 aromatic rings. The molecule has 0 saturated carbocycles. The van der Waals surface area contributed by atoms with Crippen molar-refractivity contribution in [2.75, 3.05) is 6.54 Å². The second-order valence-corrected chi connectivity index (χ2v) is 7.21. The van der Waals surface area contributed by atoms with Crippen molar-refractivity contribution >= 4 is 23.3 Å². The lowest BCUT2D eigenvalue weighted by molar-refractivity contribution is -0.136. The Morgan fingerprint density at radius 2 is 2.08 bits per heavy atom. The maximum atomic E-state index is 12.1. The minimum absolute atomic E-state index is 0.00234. The van der Waals surface area contributed by atoms with E-state index in [-0.39, 0.29) is 17.9 Å². The van der Waals surface area contributed by atoms with Crippen LogP contribution in [0.25, 0.3) is 0 Å². The van der Waals surface area contributed by atoms with E-state index >= 15 is 0 Å². The van der Waals surface area contributed by atoms with Gasteiger partial charge in [-0.1, -0.05) is 13.8 Å². The van der Waals surface area contributed by atoms with E-state index < -0.39 is 0 Å². The van der Waals surface area contributed by atoms with Gasteiger partial charge in [0.15, 0.2) is 0 Å². The van der Waals surface area contributed by atoms with E-state index in [0.29, 0.717) is 32.7 Å². The molecule has 0 fully saturated rings. The summed E-state index contributed by atoms with van der Waals surface area (Å²) in [6.07, 6.45) is 0. The van der Waals surface area contributed by atoms with Gasteiger partial charge in [-0.3, -0.25) is 9.48 Å². The van der Waals surface area contributed by atoms with Crippen LogP contribution in [-0.2, 0) is 31.0 Å². The van der Waals surface area contributed by atoms with Gasteiger partial charge in [0, 0.05) is 19.0 Å². The zero-order valence-electron chi connectivity index (χ0n) is 14.5. The summed E-state index contributed by atoms with van der Waals surface area (Å²) in [4.78, 5) is 25.9. The summed E-state index contributed by atoms with van der Waals surface area (Å²) in [7, 11) is 0. The molecule has 2 aromatic heterocycles. The van der Waals surface area contributed by atoms with Crippen LogP contribution in [0.15, 0.2) is 22.9 Å². The Labute approximate surface area is 151 Å². The molecule has 1 aliphatic rings. The minimum Gasteiger partial charge on any atom is -0.335 e. The number of urea groups is 1. The van der Waals surface area contributed by atoms with E-state index in [1.807, 2.05) is 46.3 Å². The molecule has 1 aliphatic heterocycles. The first-order chi connectivity index (χ1) is 12.0. The summed E-state index contributed by atoms with van der Waals surface area (Å²) in [6, 6.07) is 3.73. The Morgan fingerprint density at radius 1 is 1.28 bits per heavy atom. The Morgan fingerprint density at radius 3 is 2.80 bits per heavy atom. The lowest BCUT2D eigenvalue weighted by atomic mass is 10.1. The zero-order chi connectivity index (χ0) is 17.8. The smallest absolute Gasteiger partial charge is 0.315 e. The van der Waals surface area contributed by atoms with Crippen LogP contribution < -0.4 is 10.6 Å². The van der Waals surface area contributed by atoms with Crippen molar-refractivity contribution in [3.05, 3.63) is 39.8 Å². The van der Waals surface area contributed by atoms with Gasteiger partial charge >= 0.3 is 6.03 Å². The highest BCUT2D eigenvalue weighted by molar-refractivity contribution is 7.07. The summed E-state index contributed by atoms with van der Waals surface area (Å²) in [5, 5.41) is 14.1. The van der Waals surface area contributed by atoms with E-state index in [0.717, 1.165) is 17.0 Å². The van der Waals surface area contributed by atoms with E-state index in [2.05, 4.69) is 15.7 Å². The lowest BCUT2D eigenvalue weighted by Crippen LogP contribution is -2.40. The molecule has 134 valence electrons. The predicted molar refractivity (Wildman–Crippen MR) is 95.9 cm³/mol. The normalized spacial score (nSPS) is 13.6. The van der Waals surface area contributed by atoms with Gasteiger partial charge in [-0.2, -0.15) is 16.4 Å². The number of nitrogens with one attached hydrogen (secondary N) is 2. The van der Waals surface area contributed by atoms with Crippen LogP contribution in [0.3, 0.4) is 0 Å². The molecule has 7 nitrogen and oxygen atoms in total. The third-order valence-corrected chi connectivity index (χ3v) is 4.85. The van der Waals surface area contributed by atoms with Crippen molar-refractivity contribution in [1.82, 2.24) is 25.3 Å². The molecule has 0 aromatic carbocycles. The van der Waals surface area contributed by atoms with Gasteiger partial charge in [0.25, 0.3) is 0 Å². The number of aromatic nitrogens is 2. The molecule has 0 saturated heterocycles. The Balaban J connectivity index is 1.50. The molecule has 3 rings (SSSR count). The molecule has 2 N–H and O–H groups in total. The van der Waals surface area contributed by atoms with Gasteiger partial charge in [0.1, 0.15) is 0 Å². The maximum Gasteiger partial charge on any atom is 0.315 e. The number of thiophene rings is 1. The van der Waals surface area contributed by atoms with Crippen LogP contribution in [0.4, 0.5) is 4.79 Å². The fourth-order valence-corrected chi connectivity index (χ4v) is 3.44. The number of nitrogens with zero attached hydrogens (tertiary/aromatic N) is 3. The molecular weight excluding hydrogens is 338 g/mol. The Bertz CT molecular complexity index is 738. The van der Waals surface area contributed by atoms with E-state index in [1.54, 1.807) is 11.3 Å². The van der Waals surface area contributed by atoms with E-state index in [9.17, 15) is 9.59 Å². The van der Waals surface area contributed by atoms with Crippen molar-refractivity contribution < 1.29 is 9.59 Å². The minimum atomic E-state index is -0.214. The van der Waals surface area contributed by atoms with Gasteiger partial charge in [0.2, 0.25) is 5.91 Å². The van der Waals surface area contributed by atoms with Crippen molar-refractivity contribution in [2.24, 2.45) is 5.92 Å². The maximum absolute atomic E-state index is 12.1. The highest BCUT2D eigenvalue weighted by Gasteiger charge is 2.23. The second kappa shape index (κ2) is 7.69. The number of hydrogen-bond acceptors (Lipinski definition) is 4. The fraction of sp³-hybridized carbons (Fsp3) is 0.471. The Kier molecular flexibility index (Phi) is 5.37. The number of carbonyl (C=O) groups is 2. The first-order valence-corrected chi connectivity index (χ1v) is 9.34. The summed E-state index contributed by atoms with van der Waals surface area (Å²) in [5.74, 6) is 0.169. The first kappa shape index (κ1) is 17.5. The zero-order valence-corrected chi connectivity index (χ0v) is 15.3. The van der Waals surface area contributed by atoms with E-state index in [4.69, 9.17) is 0 Å². The van der Waals surface area contributed by atoms with Gasteiger partial charge < -0.3 is 15.5 Å². The number of hydrogen-bond donors (Lipinski definition) is 2. The monoisotopic (exact) mass is 361 g/mol. The lowest BCUT2D eigenvalue weighted by Gasteiger charge is -2.29. The fourth-order valence-electron chi connectivity index (χ4n) is 2.77. The van der Waals surface area contributed by atoms with Crippen LogP contribution in [-0.4, -0.2) is 33.2 Å². The van der Waals surface area contributed by atoms with Gasteiger partial charge in [0.05, 0.1) is 31.0 Å². The molecule has 0 radical (unpaired) electrons. The summed E-state index contributed by atoms with van der Waals surface area (Å²) >= 11 is 1.61. The number of carbonyl (C=O) groups excluding carboxylic acids is 2. The van der Waals surface area contributed by atoms with Crippen LogP contribution in [0, 0.1) is 5.92 Å². The number of amides is 3. The molecular formula is C17H23N5O2S. The Hall–Kier alpha value is -2.35. The molecule has 0 spiro atoms. The van der Waals surface area contributed by atoms with Crippen molar-refractivity contribution in [3.8, 4) is 0 Å². The molecule has 0 unspecified atom stereocenters. The predicted octanol–water partition coefficient (Wildman–Crippen LogP) is 1.94. The molecule has 8 heteroatoms. The third kappa shape index (κ3) is 4.39. The van der Waals surface area contributed by atoms with Crippen LogP contribution >= 0.6 is 11.3 Å². The molecule has 25 heavy (non-hydrogen) atoms. The summed E-state index contributed by atoms with van der Waals surface area (Å²) < 4.78 is 1.92. The molecule has 0 aliphatic carbocycles. The number of rotatable bonds is 5. The van der Waals surface area contributed by atoms with Crippen LogP contribution in [0.5, 0.6) is 0 Å². The van der Waals surface area contributed by atoms with Crippen molar-refractivity contribution in [3.63, 3.8) is 0 Å². The molecule has 3 heterocycles. The van der Waals surface area contributed by atoms with Crippen LogP contribution in [0.1, 0.15) is 30.8 Å². The van der Waals surface area contributed by atoms with Crippen molar-refractivity contribution in [2.45, 2.75) is 40.0 Å². The first-order valence-electron chi connectivity index (χ1n) is 8.40. The second-order valence-electron chi connectivity index (χ2n) is 6.43. The SMILES string of the molecule is CC(C)C(=O)N1CCn2nc(CNC(=O)NCc3ccsc3)cc2C1. The highest BCUT2D eigenvalue weighted by atomic mass is 32.1. The topological polar surface area (TPSA) is 79.3 Å². The quantitative estimate of drug-likeness (QED) is 0.854. The summed E-state index contributed by atoms with van der Waals surface area (Å²) in [5.41, 5.74) is 2.91. The van der Waals surface area contributed by atoms with Gasteiger partial charge in [-0.05, 0) is 28.5 Å². The summed E-state index contributed by atoms with van der Waals surface area (Å²) in [6.45, 7) is 6.66. The van der Waals surface area contributed by atoms with Gasteiger partial charge in [-0.15, -0.1) is 0 Å². The average molecular weight is 361 g/mol. The molecule has 0 atom stereocenters. The largest absolute Gasteiger partial charge is 0.335 e. The standard InChI is InChI=1S/C17H23N5O2S/c1-12(2)16(23)21-4-5-22-15(10-21)7-14(20-22)9-19-17(24)18-8-13-3-6-25-11-13/h3,6-7,11-12H,4-5,8-10H2,1-2H3,(H2,18,19,24). The average Bonchev–Trinajstić information content (AvgIpc) is 3.25. The number of fused-ring (bicyclic) bond motifs is 1. The molecule has 3 amide bonds. The van der Waals surface area contributed by atoms with Gasteiger partial charge in [-0.25, -0.2) is 4.79 Å². The highest BCUT2D eigenvalue weighted by Crippen LogP contribution is 2.16. The third-order valence-electron chi connectivity index (χ3n) is 4.12. The van der Waals surface area contributed by atoms with E-state index in [1.165, 1.54) is 0 Å². The van der Waals surface area contributed by atoms with Crippen LogP contribution in [0.2, 0.25) is 0 Å². The van der Waals surface area contributed by atoms with Crippen molar-refractivity contribution in [1.29, 1.82) is 0 Å². The molecule has 0 bridgehead atoms.